The van der Waals surface area contributed by atoms with Crippen LogP contribution in [-0.4, -0.2) is 29.6 Å². The molecule has 1 saturated carbocycles. The number of rotatable bonds is 6. The Morgan fingerprint density at radius 3 is 2.78 bits per heavy atom. The van der Waals surface area contributed by atoms with Crippen LogP contribution in [0.1, 0.15) is 48.2 Å². The number of nitrogens with zero attached hydrogens (tertiary/aromatic N) is 1. The maximum atomic E-state index is 14.2. The lowest BCUT2D eigenvalue weighted by molar-refractivity contribution is -0.121. The van der Waals surface area contributed by atoms with Crippen LogP contribution in [0.15, 0.2) is 22.7 Å². The molecule has 8 heteroatoms. The molecule has 0 unspecified atom stereocenters. The monoisotopic (exact) mass is 393 g/mol. The highest BCUT2D eigenvalue weighted by Crippen LogP contribution is 2.33. The van der Waals surface area contributed by atoms with Gasteiger partial charge in [-0.15, -0.1) is 0 Å². The van der Waals surface area contributed by atoms with Gasteiger partial charge >= 0.3 is 0 Å². The third kappa shape index (κ3) is 4.47. The SMILES string of the molecule is Cc1onc(-c2c(F)cccc2Cl)c1C(=O)NCCC(=O)NC1CCCC1. The molecule has 1 heterocycles. The van der Waals surface area contributed by atoms with Gasteiger partial charge in [-0.05, 0) is 31.9 Å². The van der Waals surface area contributed by atoms with Crippen LogP contribution in [0.25, 0.3) is 11.3 Å². The lowest BCUT2D eigenvalue weighted by atomic mass is 10.0. The molecule has 2 aromatic rings. The Morgan fingerprint density at radius 2 is 2.07 bits per heavy atom. The fourth-order valence-corrected chi connectivity index (χ4v) is 3.53. The molecule has 0 bridgehead atoms. The van der Waals surface area contributed by atoms with Gasteiger partial charge in [-0.1, -0.05) is 35.7 Å². The molecule has 0 atom stereocenters. The standard InChI is InChI=1S/C19H21ClFN3O3/c1-11-16(18(24-27-11)17-13(20)7-4-8-14(17)21)19(26)22-10-9-15(25)23-12-5-2-3-6-12/h4,7-8,12H,2-3,5-6,9-10H2,1H3,(H,22,26)(H,23,25). The summed E-state index contributed by atoms with van der Waals surface area (Å²) >= 11 is 6.07. The Balaban J connectivity index is 1.65. The fraction of sp³-hybridized carbons (Fsp3) is 0.421. The van der Waals surface area contributed by atoms with Gasteiger partial charge in [0.1, 0.15) is 22.8 Å². The van der Waals surface area contributed by atoms with Crippen molar-refractivity contribution in [2.45, 2.75) is 45.1 Å². The van der Waals surface area contributed by atoms with Gasteiger partial charge in [0.15, 0.2) is 0 Å². The second-order valence-electron chi connectivity index (χ2n) is 6.61. The summed E-state index contributed by atoms with van der Waals surface area (Å²) in [6.45, 7) is 1.72. The van der Waals surface area contributed by atoms with Crippen molar-refractivity contribution < 1.29 is 18.5 Å². The summed E-state index contributed by atoms with van der Waals surface area (Å²) in [6.07, 6.45) is 4.45. The van der Waals surface area contributed by atoms with Crippen LogP contribution in [0.4, 0.5) is 4.39 Å². The number of aromatic nitrogens is 1. The Morgan fingerprint density at radius 1 is 1.33 bits per heavy atom. The van der Waals surface area contributed by atoms with Gasteiger partial charge in [0.2, 0.25) is 5.91 Å². The van der Waals surface area contributed by atoms with E-state index in [0.29, 0.717) is 0 Å². The Labute approximate surface area is 161 Å². The minimum Gasteiger partial charge on any atom is -0.360 e. The molecule has 1 aromatic heterocycles. The van der Waals surface area contributed by atoms with Crippen molar-refractivity contribution >= 4 is 23.4 Å². The summed E-state index contributed by atoms with van der Waals surface area (Å²) < 4.78 is 19.3. The van der Waals surface area contributed by atoms with Crippen molar-refractivity contribution in [3.8, 4) is 11.3 Å². The summed E-state index contributed by atoms with van der Waals surface area (Å²) in [4.78, 5) is 24.5. The van der Waals surface area contributed by atoms with Crippen LogP contribution in [0.5, 0.6) is 0 Å². The lowest BCUT2D eigenvalue weighted by Gasteiger charge is -2.12. The second kappa shape index (κ2) is 8.52. The molecule has 1 aliphatic carbocycles. The molecule has 6 nitrogen and oxygen atoms in total. The molecule has 2 N–H and O–H groups in total. The predicted octanol–water partition coefficient (Wildman–Crippen LogP) is 3.62. The van der Waals surface area contributed by atoms with E-state index in [9.17, 15) is 14.0 Å². The molecule has 1 aromatic carbocycles. The van der Waals surface area contributed by atoms with Crippen LogP contribution in [0.2, 0.25) is 5.02 Å². The second-order valence-corrected chi connectivity index (χ2v) is 7.02. The van der Waals surface area contributed by atoms with Gasteiger partial charge in [-0.25, -0.2) is 4.39 Å². The number of halogens is 2. The predicted molar refractivity (Wildman–Crippen MR) is 99.0 cm³/mol. The van der Waals surface area contributed by atoms with Gasteiger partial charge in [-0.3, -0.25) is 9.59 Å². The van der Waals surface area contributed by atoms with Gasteiger partial charge in [0.05, 0.1) is 10.6 Å². The molecule has 2 amide bonds. The Bertz CT molecular complexity index is 826. The molecule has 3 rings (SSSR count). The number of hydrogen-bond donors (Lipinski definition) is 2. The van der Waals surface area contributed by atoms with Gasteiger partial charge in [0, 0.05) is 19.0 Å². The van der Waals surface area contributed by atoms with E-state index in [0.717, 1.165) is 25.7 Å². The van der Waals surface area contributed by atoms with Crippen molar-refractivity contribution in [1.29, 1.82) is 0 Å². The van der Waals surface area contributed by atoms with Crippen molar-refractivity contribution in [3.63, 3.8) is 0 Å². The lowest BCUT2D eigenvalue weighted by Crippen LogP contribution is -2.35. The van der Waals surface area contributed by atoms with Crippen LogP contribution >= 0.6 is 11.6 Å². The minimum absolute atomic E-state index is 0.0140. The maximum Gasteiger partial charge on any atom is 0.257 e. The van der Waals surface area contributed by atoms with Crippen LogP contribution < -0.4 is 10.6 Å². The average molecular weight is 394 g/mol. The van der Waals surface area contributed by atoms with Crippen molar-refractivity contribution in [3.05, 3.63) is 40.4 Å². The van der Waals surface area contributed by atoms with Crippen molar-refractivity contribution in [2.75, 3.05) is 6.54 Å². The number of amides is 2. The zero-order valence-corrected chi connectivity index (χ0v) is 15.7. The molecule has 0 spiro atoms. The molecule has 1 fully saturated rings. The summed E-state index contributed by atoms with van der Waals surface area (Å²) in [5.74, 6) is -0.934. The molecule has 1 aliphatic rings. The van der Waals surface area contributed by atoms with E-state index in [1.807, 2.05) is 0 Å². The van der Waals surface area contributed by atoms with E-state index >= 15 is 0 Å². The molecule has 0 aliphatic heterocycles. The minimum atomic E-state index is -0.596. The number of aryl methyl sites for hydroxylation is 1. The first-order valence-electron chi connectivity index (χ1n) is 8.95. The van der Waals surface area contributed by atoms with Gasteiger partial charge in [-0.2, -0.15) is 0 Å². The van der Waals surface area contributed by atoms with E-state index in [1.54, 1.807) is 6.92 Å². The van der Waals surface area contributed by atoms with Crippen molar-refractivity contribution in [2.24, 2.45) is 0 Å². The summed E-state index contributed by atoms with van der Waals surface area (Å²) in [6, 6.07) is 4.46. The summed E-state index contributed by atoms with van der Waals surface area (Å²) in [7, 11) is 0. The highest BCUT2D eigenvalue weighted by Gasteiger charge is 2.25. The smallest absolute Gasteiger partial charge is 0.257 e. The van der Waals surface area contributed by atoms with E-state index < -0.39 is 11.7 Å². The van der Waals surface area contributed by atoms with E-state index in [2.05, 4.69) is 15.8 Å². The number of carbonyl (C=O) groups is 2. The maximum absolute atomic E-state index is 14.2. The highest BCUT2D eigenvalue weighted by molar-refractivity contribution is 6.33. The van der Waals surface area contributed by atoms with E-state index in [1.165, 1.54) is 18.2 Å². The van der Waals surface area contributed by atoms with Gasteiger partial charge in [0.25, 0.3) is 5.91 Å². The topological polar surface area (TPSA) is 84.2 Å². The fourth-order valence-electron chi connectivity index (χ4n) is 3.28. The first-order valence-corrected chi connectivity index (χ1v) is 9.33. The summed E-state index contributed by atoms with van der Waals surface area (Å²) in [5.41, 5.74) is 0.168. The van der Waals surface area contributed by atoms with Crippen LogP contribution in [0, 0.1) is 12.7 Å². The van der Waals surface area contributed by atoms with Crippen molar-refractivity contribution in [1.82, 2.24) is 15.8 Å². The number of hydrogen-bond acceptors (Lipinski definition) is 4. The van der Waals surface area contributed by atoms with Gasteiger partial charge < -0.3 is 15.2 Å². The normalized spacial score (nSPS) is 14.3. The third-order valence-corrected chi connectivity index (χ3v) is 4.96. The largest absolute Gasteiger partial charge is 0.360 e. The molecular weight excluding hydrogens is 373 g/mol. The molecule has 27 heavy (non-hydrogen) atoms. The number of benzene rings is 1. The number of carbonyl (C=O) groups excluding carboxylic acids is 2. The first-order chi connectivity index (χ1) is 13.0. The molecule has 144 valence electrons. The highest BCUT2D eigenvalue weighted by atomic mass is 35.5. The van der Waals surface area contributed by atoms with E-state index in [4.69, 9.17) is 16.1 Å². The Hall–Kier alpha value is -2.41. The first kappa shape index (κ1) is 19.4. The zero-order chi connectivity index (χ0) is 19.4. The molecule has 0 saturated heterocycles. The zero-order valence-electron chi connectivity index (χ0n) is 15.0. The average Bonchev–Trinajstić information content (AvgIpc) is 3.24. The summed E-state index contributed by atoms with van der Waals surface area (Å²) in [5, 5.41) is 9.56. The van der Waals surface area contributed by atoms with Crippen LogP contribution in [0.3, 0.4) is 0 Å². The number of nitrogens with one attached hydrogen (secondary N) is 2. The Kier molecular flexibility index (Phi) is 6.11. The molecular formula is C19H21ClFN3O3. The van der Waals surface area contributed by atoms with Crippen LogP contribution in [-0.2, 0) is 4.79 Å². The van der Waals surface area contributed by atoms with E-state index in [-0.39, 0.29) is 52.5 Å². The quantitative estimate of drug-likeness (QED) is 0.785. The molecule has 0 radical (unpaired) electrons. The third-order valence-electron chi connectivity index (χ3n) is 4.65.